The van der Waals surface area contributed by atoms with Crippen LogP contribution in [0.4, 0.5) is 4.39 Å². The van der Waals surface area contributed by atoms with Gasteiger partial charge in [-0.3, -0.25) is 0 Å². The van der Waals surface area contributed by atoms with E-state index in [-0.39, 0.29) is 36.9 Å². The minimum absolute atomic E-state index is 0. The zero-order valence-corrected chi connectivity index (χ0v) is 29.2. The van der Waals surface area contributed by atoms with Gasteiger partial charge in [-0.15, -0.1) is 59.2 Å². The molecule has 0 bridgehead atoms. The molecule has 0 aliphatic carbocycles. The Morgan fingerprint density at radius 3 is 2.33 bits per heavy atom. The summed E-state index contributed by atoms with van der Waals surface area (Å²) >= 11 is 1.74. The zero-order chi connectivity index (χ0) is 35.2. The summed E-state index contributed by atoms with van der Waals surface area (Å²) in [6.07, 6.45) is 2.98. The molecule has 0 N–H and O–H groups in total. The quantitative estimate of drug-likeness (QED) is 0.132. The zero-order valence-electron chi connectivity index (χ0n) is 31.0. The summed E-state index contributed by atoms with van der Waals surface area (Å²) in [5, 5.41) is 3.25. The summed E-state index contributed by atoms with van der Waals surface area (Å²) in [7, 11) is -1.85. The van der Waals surface area contributed by atoms with E-state index in [4.69, 9.17) is 8.22 Å². The summed E-state index contributed by atoms with van der Waals surface area (Å²) < 4.78 is 62.2. The van der Waals surface area contributed by atoms with Crippen molar-refractivity contribution in [2.24, 2.45) is 0 Å². The Labute approximate surface area is 282 Å². The molecule has 0 aliphatic rings. The second kappa shape index (κ2) is 12.9. The molecule has 0 saturated heterocycles. The van der Waals surface area contributed by atoms with Crippen LogP contribution in [0.3, 0.4) is 0 Å². The number of hydrogen-bond acceptors (Lipinski definition) is 3. The number of rotatable bonds is 3. The molecule has 3 aromatic heterocycles. The Morgan fingerprint density at radius 1 is 0.884 bits per heavy atom. The first-order valence-electron chi connectivity index (χ1n) is 16.8. The first-order chi connectivity index (χ1) is 22.2. The van der Waals surface area contributed by atoms with Gasteiger partial charge in [0.25, 0.3) is 0 Å². The van der Waals surface area contributed by atoms with E-state index in [1.165, 1.54) is 33.8 Å². The van der Waals surface area contributed by atoms with E-state index in [1.807, 2.05) is 32.9 Å². The van der Waals surface area contributed by atoms with E-state index in [2.05, 4.69) is 72.1 Å². The molecule has 0 amide bonds. The number of thiophene rings is 1. The Bertz CT molecular complexity index is 2100. The Morgan fingerprint density at radius 2 is 1.65 bits per heavy atom. The normalized spacial score (nSPS) is 14.3. The van der Waals surface area contributed by atoms with Crippen molar-refractivity contribution in [3.63, 3.8) is 0 Å². The third-order valence-electron chi connectivity index (χ3n) is 7.06. The minimum Gasteiger partial charge on any atom is -0.305 e. The molecule has 3 aromatic carbocycles. The second-order valence-corrected chi connectivity index (χ2v) is 18.4. The van der Waals surface area contributed by atoms with Crippen molar-refractivity contribution in [3.8, 4) is 22.5 Å². The summed E-state index contributed by atoms with van der Waals surface area (Å²) in [6.45, 7) is 7.87. The fourth-order valence-electron chi connectivity index (χ4n) is 4.82. The number of benzene rings is 3. The number of aromatic nitrogens is 2. The topological polar surface area (TPSA) is 25.8 Å². The van der Waals surface area contributed by atoms with Crippen molar-refractivity contribution >= 4 is 44.8 Å². The summed E-state index contributed by atoms with van der Waals surface area (Å²) in [5.41, 5.74) is 3.71. The molecule has 6 rings (SSSR count). The van der Waals surface area contributed by atoms with Gasteiger partial charge in [-0.1, -0.05) is 88.5 Å². The maximum atomic E-state index is 14.2. The molecular weight excluding hydrogens is 744 g/mol. The van der Waals surface area contributed by atoms with Crippen molar-refractivity contribution < 1.29 is 32.7 Å². The Kier molecular flexibility index (Phi) is 7.60. The van der Waals surface area contributed by atoms with Crippen molar-refractivity contribution in [2.45, 2.75) is 59.5 Å². The van der Waals surface area contributed by atoms with E-state index >= 15 is 0 Å². The largest absolute Gasteiger partial charge is 0.305 e. The third kappa shape index (κ3) is 7.21. The fraction of sp³-hybridized carbons (Fsp3) is 0.243. The molecule has 0 unspecified atom stereocenters. The van der Waals surface area contributed by atoms with Gasteiger partial charge in [0.2, 0.25) is 0 Å². The van der Waals surface area contributed by atoms with Crippen LogP contribution in [0.1, 0.15) is 45.7 Å². The number of aryl methyl sites for hydroxylation is 2. The number of halogens is 1. The van der Waals surface area contributed by atoms with Gasteiger partial charge in [-0.2, -0.15) is 11.3 Å². The third-order valence-corrected chi connectivity index (χ3v) is 10.3. The van der Waals surface area contributed by atoms with Crippen LogP contribution in [0, 0.1) is 31.7 Å². The second-order valence-electron chi connectivity index (χ2n) is 12.3. The first-order valence-corrected chi connectivity index (χ1v) is 18.1. The van der Waals surface area contributed by atoms with Crippen molar-refractivity contribution in [1.29, 1.82) is 0 Å². The first kappa shape index (κ1) is 25.3. The number of fused-ring (bicyclic) bond motifs is 3. The van der Waals surface area contributed by atoms with E-state index in [0.29, 0.717) is 22.4 Å². The van der Waals surface area contributed by atoms with Crippen LogP contribution >= 0.6 is 11.3 Å². The smallest absolute Gasteiger partial charge is 0.143 e. The van der Waals surface area contributed by atoms with Crippen LogP contribution < -0.4 is 5.19 Å². The standard InChI is InChI=1S/C21H17FNS.C16H20NSi.Ir/c1-21(2,3)16-11-18(23-12-17(16)22)15-9-6-8-14-13-7-4-5-10-19(13)24-20(14)15;1-12-6-8-14(9-7-12)15-10-13(2)16(11-17-15)18(3,4)5;/h4-8,10-12H,1-3H3;6-8,10-11H,1-5H3;/q2*-1;/i;1D3,2D3;. The van der Waals surface area contributed by atoms with Gasteiger partial charge < -0.3 is 9.97 Å². The molecule has 6 aromatic rings. The van der Waals surface area contributed by atoms with Gasteiger partial charge in [0.15, 0.2) is 0 Å². The average Bonchev–Trinajstić information content (AvgIpc) is 3.39. The van der Waals surface area contributed by atoms with Gasteiger partial charge in [-0.05, 0) is 50.6 Å². The predicted molar refractivity (Wildman–Crippen MR) is 181 cm³/mol. The van der Waals surface area contributed by atoms with E-state index in [0.717, 1.165) is 21.1 Å². The summed E-state index contributed by atoms with van der Waals surface area (Å²) in [5.74, 6) is -0.255. The van der Waals surface area contributed by atoms with Crippen molar-refractivity contribution in [1.82, 2.24) is 9.97 Å². The van der Waals surface area contributed by atoms with E-state index in [9.17, 15) is 4.39 Å². The molecule has 0 fully saturated rings. The molecule has 0 aliphatic heterocycles. The number of nitrogens with zero attached hydrogens (tertiary/aromatic N) is 2. The van der Waals surface area contributed by atoms with Crippen LogP contribution in [-0.4, -0.2) is 18.0 Å². The Hall–Kier alpha value is -3.02. The molecule has 223 valence electrons. The molecule has 43 heavy (non-hydrogen) atoms. The molecule has 0 atom stereocenters. The Balaban J connectivity index is 0.000000216. The molecular formula is C37H37FIrN2SSi-2. The van der Waals surface area contributed by atoms with Crippen LogP contribution in [0.2, 0.25) is 19.6 Å². The maximum Gasteiger partial charge on any atom is 0.143 e. The monoisotopic (exact) mass is 787 g/mol. The molecule has 6 heteroatoms. The molecule has 0 saturated carbocycles. The fourth-order valence-corrected chi connectivity index (χ4v) is 7.36. The molecule has 1 radical (unpaired) electrons. The van der Waals surface area contributed by atoms with Crippen molar-refractivity contribution in [2.75, 3.05) is 0 Å². The van der Waals surface area contributed by atoms with Gasteiger partial charge in [-0.25, -0.2) is 4.39 Å². The average molecular weight is 787 g/mol. The van der Waals surface area contributed by atoms with Crippen LogP contribution in [0.15, 0.2) is 79.1 Å². The van der Waals surface area contributed by atoms with Crippen LogP contribution in [-0.2, 0) is 25.5 Å². The van der Waals surface area contributed by atoms with E-state index < -0.39 is 21.8 Å². The summed E-state index contributed by atoms with van der Waals surface area (Å²) in [6, 6.07) is 26.6. The molecule has 3 heterocycles. The number of hydrogen-bond donors (Lipinski definition) is 0. The van der Waals surface area contributed by atoms with Gasteiger partial charge in [0.05, 0.1) is 14.3 Å². The van der Waals surface area contributed by atoms with Crippen LogP contribution in [0.5, 0.6) is 0 Å². The van der Waals surface area contributed by atoms with Crippen molar-refractivity contribution in [3.05, 3.63) is 114 Å². The van der Waals surface area contributed by atoms with Crippen LogP contribution in [0.25, 0.3) is 42.7 Å². The number of pyridine rings is 2. The van der Waals surface area contributed by atoms with Gasteiger partial charge in [0, 0.05) is 39.2 Å². The summed E-state index contributed by atoms with van der Waals surface area (Å²) in [4.78, 5) is 8.74. The maximum absolute atomic E-state index is 14.2. The SMILES string of the molecule is CC(C)(C)c1cc(-c2[c-]ccc3c2sc2ccccc23)ncc1F.[2H]C([2H])([2H])c1c[c-]c(-c2cc(C([2H])([2H])[2H])c([Si](C)(C)C)cn2)cc1.[Ir]. The molecule has 0 spiro atoms. The van der Waals surface area contributed by atoms with E-state index in [1.54, 1.807) is 29.7 Å². The predicted octanol–water partition coefficient (Wildman–Crippen LogP) is 10.1. The minimum atomic E-state index is -2.22. The van der Waals surface area contributed by atoms with Gasteiger partial charge >= 0.3 is 0 Å². The van der Waals surface area contributed by atoms with Gasteiger partial charge in [0.1, 0.15) is 5.82 Å². The molecule has 2 nitrogen and oxygen atoms in total.